The van der Waals surface area contributed by atoms with Crippen molar-refractivity contribution < 1.29 is 19.1 Å². The first-order chi connectivity index (χ1) is 12.6. The minimum absolute atomic E-state index is 0.108. The number of nitrogens with zero attached hydrogens (tertiary/aromatic N) is 1. The van der Waals surface area contributed by atoms with E-state index < -0.39 is 6.04 Å². The number of thioether (sulfide) groups is 1. The first-order valence-electron chi connectivity index (χ1n) is 8.58. The molecule has 2 N–H and O–H groups in total. The fraction of sp³-hybridized carbons (Fsp3) is 0.556. The third-order valence-corrected chi connectivity index (χ3v) is 4.92. The van der Waals surface area contributed by atoms with Crippen LogP contribution < -0.4 is 20.1 Å². The number of carbonyl (C=O) groups excluding carboxylic acids is 2. The van der Waals surface area contributed by atoms with Crippen LogP contribution in [-0.4, -0.2) is 68.6 Å². The Morgan fingerprint density at radius 1 is 1.38 bits per heavy atom. The number of methoxy groups -OCH3 is 2. The van der Waals surface area contributed by atoms with Crippen LogP contribution in [0.2, 0.25) is 0 Å². The quantitative estimate of drug-likeness (QED) is 0.618. The van der Waals surface area contributed by atoms with Crippen molar-refractivity contribution in [1.82, 2.24) is 15.5 Å². The summed E-state index contributed by atoms with van der Waals surface area (Å²) in [5.41, 5.74) is 0.925. The summed E-state index contributed by atoms with van der Waals surface area (Å²) in [5, 5.41) is 5.72. The number of ether oxygens (including phenoxy) is 2. The van der Waals surface area contributed by atoms with Gasteiger partial charge in [0, 0.05) is 37.5 Å². The molecule has 1 aromatic carbocycles. The van der Waals surface area contributed by atoms with Crippen LogP contribution in [0, 0.1) is 0 Å². The minimum atomic E-state index is -0.492. The minimum Gasteiger partial charge on any atom is -0.493 e. The zero-order valence-corrected chi connectivity index (χ0v) is 16.4. The van der Waals surface area contributed by atoms with Gasteiger partial charge in [0.15, 0.2) is 11.5 Å². The Morgan fingerprint density at radius 2 is 2.19 bits per heavy atom. The summed E-state index contributed by atoms with van der Waals surface area (Å²) >= 11 is 1.67. The number of rotatable bonds is 9. The van der Waals surface area contributed by atoms with E-state index in [1.165, 1.54) is 0 Å². The number of piperazine rings is 1. The lowest BCUT2D eigenvalue weighted by Crippen LogP contribution is -2.56. The fourth-order valence-corrected chi connectivity index (χ4v) is 3.32. The molecule has 144 valence electrons. The molecule has 1 aromatic rings. The molecule has 2 rings (SSSR count). The molecule has 8 heteroatoms. The summed E-state index contributed by atoms with van der Waals surface area (Å²) < 4.78 is 10.8. The Balaban J connectivity index is 2.10. The van der Waals surface area contributed by atoms with Crippen LogP contribution in [0.1, 0.15) is 12.0 Å². The Kier molecular flexibility index (Phi) is 8.06. The van der Waals surface area contributed by atoms with E-state index in [-0.39, 0.29) is 18.2 Å². The monoisotopic (exact) mass is 381 g/mol. The van der Waals surface area contributed by atoms with E-state index in [2.05, 4.69) is 10.6 Å². The van der Waals surface area contributed by atoms with Crippen LogP contribution >= 0.6 is 11.8 Å². The molecule has 1 heterocycles. The number of hydrogen-bond donors (Lipinski definition) is 2. The molecule has 1 saturated heterocycles. The highest BCUT2D eigenvalue weighted by molar-refractivity contribution is 7.98. The molecular weight excluding hydrogens is 354 g/mol. The molecule has 1 aliphatic rings. The van der Waals surface area contributed by atoms with E-state index >= 15 is 0 Å². The van der Waals surface area contributed by atoms with E-state index in [9.17, 15) is 9.59 Å². The molecule has 0 aromatic heterocycles. The highest BCUT2D eigenvalue weighted by atomic mass is 32.2. The largest absolute Gasteiger partial charge is 0.493 e. The van der Waals surface area contributed by atoms with Gasteiger partial charge < -0.3 is 20.1 Å². The number of nitrogens with one attached hydrogen (secondary N) is 2. The number of carbonyl (C=O) groups is 2. The molecule has 1 atom stereocenters. The van der Waals surface area contributed by atoms with Gasteiger partial charge in [-0.05, 0) is 12.3 Å². The molecule has 0 saturated carbocycles. The summed E-state index contributed by atoms with van der Waals surface area (Å²) in [7, 11) is 3.19. The van der Waals surface area contributed by atoms with Gasteiger partial charge in [0.25, 0.3) is 0 Å². The first-order valence-corrected chi connectivity index (χ1v) is 9.97. The smallest absolute Gasteiger partial charge is 0.237 e. The van der Waals surface area contributed by atoms with Crippen molar-refractivity contribution in [2.75, 3.05) is 45.9 Å². The standard InChI is InChI=1S/C18H27N3O4S/c1-24-15-6-4-5-13(17(15)25-2)12-21-9-7-20-18(23)14(21)11-16(22)19-8-10-26-3/h4-6,14H,7-12H2,1-3H3,(H,19,22)(H,20,23). The second-order valence-corrected chi connectivity index (χ2v) is 6.96. The highest BCUT2D eigenvalue weighted by Gasteiger charge is 2.32. The Morgan fingerprint density at radius 3 is 2.88 bits per heavy atom. The third-order valence-electron chi connectivity index (χ3n) is 4.31. The maximum absolute atomic E-state index is 12.3. The second-order valence-electron chi connectivity index (χ2n) is 5.98. The van der Waals surface area contributed by atoms with Crippen molar-refractivity contribution in [3.8, 4) is 11.5 Å². The zero-order chi connectivity index (χ0) is 18.9. The van der Waals surface area contributed by atoms with Crippen molar-refractivity contribution in [1.29, 1.82) is 0 Å². The average Bonchev–Trinajstić information content (AvgIpc) is 2.64. The van der Waals surface area contributed by atoms with E-state index in [1.807, 2.05) is 29.4 Å². The first kappa shape index (κ1) is 20.4. The molecule has 0 spiro atoms. The Labute approximate surface area is 158 Å². The number of amides is 2. The lowest BCUT2D eigenvalue weighted by Gasteiger charge is -2.35. The van der Waals surface area contributed by atoms with E-state index in [4.69, 9.17) is 9.47 Å². The van der Waals surface area contributed by atoms with Crippen molar-refractivity contribution in [2.24, 2.45) is 0 Å². The highest BCUT2D eigenvalue weighted by Crippen LogP contribution is 2.32. The lowest BCUT2D eigenvalue weighted by atomic mass is 10.1. The lowest BCUT2D eigenvalue weighted by molar-refractivity contribution is -0.134. The van der Waals surface area contributed by atoms with Crippen LogP contribution in [0.5, 0.6) is 11.5 Å². The van der Waals surface area contributed by atoms with Crippen LogP contribution in [-0.2, 0) is 16.1 Å². The predicted octanol–water partition coefficient (Wildman–Crippen LogP) is 0.874. The molecule has 0 radical (unpaired) electrons. The summed E-state index contributed by atoms with van der Waals surface area (Å²) in [5.74, 6) is 1.94. The molecule has 26 heavy (non-hydrogen) atoms. The Hall–Kier alpha value is -1.93. The van der Waals surface area contributed by atoms with Gasteiger partial charge in [-0.3, -0.25) is 14.5 Å². The molecular formula is C18H27N3O4S. The van der Waals surface area contributed by atoms with Gasteiger partial charge >= 0.3 is 0 Å². The van der Waals surface area contributed by atoms with Crippen molar-refractivity contribution in [3.63, 3.8) is 0 Å². The van der Waals surface area contributed by atoms with Gasteiger partial charge in [0.2, 0.25) is 11.8 Å². The third kappa shape index (κ3) is 5.28. The summed E-state index contributed by atoms with van der Waals surface area (Å²) in [6.07, 6.45) is 2.14. The van der Waals surface area contributed by atoms with E-state index in [0.29, 0.717) is 37.7 Å². The molecule has 1 unspecified atom stereocenters. The van der Waals surface area contributed by atoms with Crippen molar-refractivity contribution >= 4 is 23.6 Å². The summed E-state index contributed by atoms with van der Waals surface area (Å²) in [4.78, 5) is 26.5. The molecule has 1 aliphatic heterocycles. The van der Waals surface area contributed by atoms with Crippen molar-refractivity contribution in [3.05, 3.63) is 23.8 Å². The fourth-order valence-electron chi connectivity index (χ4n) is 3.01. The Bertz CT molecular complexity index is 626. The molecule has 2 amide bonds. The average molecular weight is 381 g/mol. The molecule has 1 fully saturated rings. The number of para-hydroxylation sites is 1. The molecule has 7 nitrogen and oxygen atoms in total. The zero-order valence-electron chi connectivity index (χ0n) is 15.5. The van der Waals surface area contributed by atoms with Gasteiger partial charge in [-0.25, -0.2) is 0 Å². The maximum atomic E-state index is 12.3. The normalized spacial score (nSPS) is 17.5. The predicted molar refractivity (Wildman–Crippen MR) is 103 cm³/mol. The summed E-state index contributed by atoms with van der Waals surface area (Å²) in [6.45, 7) is 2.36. The topological polar surface area (TPSA) is 79.9 Å². The van der Waals surface area contributed by atoms with E-state index in [1.54, 1.807) is 26.0 Å². The van der Waals surface area contributed by atoms with Gasteiger partial charge in [0.05, 0.1) is 26.7 Å². The van der Waals surface area contributed by atoms with Crippen LogP contribution in [0.25, 0.3) is 0 Å². The van der Waals surface area contributed by atoms with E-state index in [0.717, 1.165) is 11.3 Å². The number of benzene rings is 1. The van der Waals surface area contributed by atoms with Crippen LogP contribution in [0.3, 0.4) is 0 Å². The van der Waals surface area contributed by atoms with Crippen molar-refractivity contribution in [2.45, 2.75) is 19.0 Å². The van der Waals surface area contributed by atoms with Gasteiger partial charge in [0.1, 0.15) is 0 Å². The second kappa shape index (κ2) is 10.3. The van der Waals surface area contributed by atoms with Gasteiger partial charge in [-0.1, -0.05) is 12.1 Å². The number of hydrogen-bond acceptors (Lipinski definition) is 6. The SMILES string of the molecule is COc1cccc(CN2CCNC(=O)C2CC(=O)NCCSC)c1OC. The van der Waals surface area contributed by atoms with Gasteiger partial charge in [-0.15, -0.1) is 0 Å². The molecule has 0 bridgehead atoms. The van der Waals surface area contributed by atoms with Gasteiger partial charge in [-0.2, -0.15) is 11.8 Å². The molecule has 0 aliphatic carbocycles. The summed E-state index contributed by atoms with van der Waals surface area (Å²) in [6, 6.07) is 5.19. The van der Waals surface area contributed by atoms with Crippen LogP contribution in [0.15, 0.2) is 18.2 Å². The van der Waals surface area contributed by atoms with Crippen LogP contribution in [0.4, 0.5) is 0 Å². The maximum Gasteiger partial charge on any atom is 0.237 e.